The molecule has 0 radical (unpaired) electrons. The van der Waals surface area contributed by atoms with E-state index in [1.807, 2.05) is 37.3 Å². The van der Waals surface area contributed by atoms with Crippen molar-refractivity contribution in [2.24, 2.45) is 0 Å². The van der Waals surface area contributed by atoms with E-state index in [0.29, 0.717) is 18.0 Å². The molecule has 3 aromatic carbocycles. The van der Waals surface area contributed by atoms with E-state index in [1.54, 1.807) is 37.5 Å². The van der Waals surface area contributed by atoms with Gasteiger partial charge in [0.05, 0.1) is 7.11 Å². The number of nitrogens with one attached hydrogen (secondary N) is 1. The first kappa shape index (κ1) is 22.4. The van der Waals surface area contributed by atoms with Gasteiger partial charge in [0.2, 0.25) is 0 Å². The molecule has 0 unspecified atom stereocenters. The van der Waals surface area contributed by atoms with E-state index in [9.17, 15) is 10.1 Å². The molecule has 1 heterocycles. The number of ether oxygens (including phenoxy) is 1. The molecule has 33 heavy (non-hydrogen) atoms. The highest BCUT2D eigenvalue weighted by Crippen LogP contribution is 2.29. The molecule has 6 heteroatoms. The van der Waals surface area contributed by atoms with E-state index in [-0.39, 0.29) is 5.57 Å². The monoisotopic (exact) mass is 499 g/mol. The normalized spacial score (nSPS) is 11.3. The third kappa shape index (κ3) is 4.84. The topological polar surface area (TPSA) is 67.0 Å². The molecule has 0 saturated carbocycles. The molecule has 0 spiro atoms. The number of halogens is 1. The summed E-state index contributed by atoms with van der Waals surface area (Å²) in [6, 6.07) is 25.3. The molecular formula is C27H22BrN3O2. The molecule has 0 bridgehead atoms. The number of benzene rings is 3. The van der Waals surface area contributed by atoms with E-state index in [2.05, 4.69) is 50.1 Å². The SMILES string of the molecule is COc1ccc(NC(=O)/C(C#N)=C\c2c(C)n(Cc3ccc(Br)cc3)c3ccccc23)cc1. The van der Waals surface area contributed by atoms with Crippen LogP contribution >= 0.6 is 15.9 Å². The summed E-state index contributed by atoms with van der Waals surface area (Å²) in [5.74, 6) is 0.241. The van der Waals surface area contributed by atoms with Gasteiger partial charge in [0.15, 0.2) is 0 Å². The van der Waals surface area contributed by atoms with Crippen LogP contribution in [0, 0.1) is 18.3 Å². The molecule has 164 valence electrons. The first-order chi connectivity index (χ1) is 16.0. The first-order valence-corrected chi connectivity index (χ1v) is 11.2. The van der Waals surface area contributed by atoms with Crippen molar-refractivity contribution in [3.05, 3.63) is 99.7 Å². The van der Waals surface area contributed by atoms with Gasteiger partial charge in [0.1, 0.15) is 17.4 Å². The summed E-state index contributed by atoms with van der Waals surface area (Å²) in [5.41, 5.74) is 4.71. The Kier molecular flexibility index (Phi) is 6.62. The van der Waals surface area contributed by atoms with Gasteiger partial charge in [-0.1, -0.05) is 46.3 Å². The molecule has 0 saturated heterocycles. The average molecular weight is 500 g/mol. The predicted octanol–water partition coefficient (Wildman–Crippen LogP) is 6.31. The number of nitrogens with zero attached hydrogens (tertiary/aromatic N) is 2. The lowest BCUT2D eigenvalue weighted by Crippen LogP contribution is -2.13. The number of fused-ring (bicyclic) bond motifs is 1. The minimum Gasteiger partial charge on any atom is -0.497 e. The Bertz CT molecular complexity index is 1380. The zero-order chi connectivity index (χ0) is 23.4. The smallest absolute Gasteiger partial charge is 0.266 e. The van der Waals surface area contributed by atoms with E-state index < -0.39 is 5.91 Å². The van der Waals surface area contributed by atoms with Crippen LogP contribution in [0.4, 0.5) is 5.69 Å². The second-order valence-electron chi connectivity index (χ2n) is 7.58. The van der Waals surface area contributed by atoms with Crippen LogP contribution in [0.15, 0.2) is 82.8 Å². The maximum atomic E-state index is 12.8. The molecule has 0 fully saturated rings. The van der Waals surface area contributed by atoms with E-state index in [0.717, 1.165) is 32.2 Å². The van der Waals surface area contributed by atoms with Gasteiger partial charge >= 0.3 is 0 Å². The number of aromatic nitrogens is 1. The quantitative estimate of drug-likeness (QED) is 0.249. The fourth-order valence-electron chi connectivity index (χ4n) is 3.78. The number of carbonyl (C=O) groups is 1. The molecule has 5 nitrogen and oxygen atoms in total. The number of carbonyl (C=O) groups excluding carboxylic acids is 1. The molecule has 4 rings (SSSR count). The van der Waals surface area contributed by atoms with Crippen LogP contribution in [-0.4, -0.2) is 17.6 Å². The summed E-state index contributed by atoms with van der Waals surface area (Å²) in [4.78, 5) is 12.8. The van der Waals surface area contributed by atoms with Crippen molar-refractivity contribution in [3.8, 4) is 11.8 Å². The van der Waals surface area contributed by atoms with Crippen LogP contribution in [0.5, 0.6) is 5.75 Å². The number of anilines is 1. The van der Waals surface area contributed by atoms with Crippen molar-refractivity contribution >= 4 is 44.5 Å². The molecule has 0 atom stereocenters. The molecular weight excluding hydrogens is 478 g/mol. The second kappa shape index (κ2) is 9.76. The van der Waals surface area contributed by atoms with Gasteiger partial charge in [-0.15, -0.1) is 0 Å². The Morgan fingerprint density at radius 3 is 2.45 bits per heavy atom. The lowest BCUT2D eigenvalue weighted by Gasteiger charge is -2.09. The standard InChI is InChI=1S/C27H22BrN3O2/c1-18-25(15-20(16-29)27(32)30-22-11-13-23(33-2)14-12-22)24-5-3-4-6-26(24)31(18)17-19-7-9-21(28)10-8-19/h3-15H,17H2,1-2H3,(H,30,32)/b20-15-. The molecule has 1 amide bonds. The van der Waals surface area contributed by atoms with Crippen LogP contribution in [0.1, 0.15) is 16.8 Å². The van der Waals surface area contributed by atoms with Gasteiger partial charge in [0, 0.05) is 38.9 Å². The molecule has 1 aromatic heterocycles. The largest absolute Gasteiger partial charge is 0.497 e. The number of hydrogen-bond donors (Lipinski definition) is 1. The van der Waals surface area contributed by atoms with Crippen molar-refractivity contribution in [1.29, 1.82) is 5.26 Å². The minimum absolute atomic E-state index is 0.0421. The first-order valence-electron chi connectivity index (χ1n) is 10.4. The number of para-hydroxylation sites is 1. The van der Waals surface area contributed by atoms with Crippen molar-refractivity contribution < 1.29 is 9.53 Å². The number of methoxy groups -OCH3 is 1. The van der Waals surface area contributed by atoms with Crippen LogP contribution in [-0.2, 0) is 11.3 Å². The van der Waals surface area contributed by atoms with Crippen molar-refractivity contribution in [3.63, 3.8) is 0 Å². The van der Waals surface area contributed by atoms with Crippen LogP contribution in [0.3, 0.4) is 0 Å². The average Bonchev–Trinajstić information content (AvgIpc) is 3.10. The minimum atomic E-state index is -0.452. The van der Waals surface area contributed by atoms with E-state index in [4.69, 9.17) is 4.74 Å². The predicted molar refractivity (Wildman–Crippen MR) is 135 cm³/mol. The van der Waals surface area contributed by atoms with Gasteiger partial charge in [-0.05, 0) is 61.0 Å². The lowest BCUT2D eigenvalue weighted by molar-refractivity contribution is -0.112. The van der Waals surface area contributed by atoms with Gasteiger partial charge in [-0.25, -0.2) is 0 Å². The fourth-order valence-corrected chi connectivity index (χ4v) is 4.05. The maximum absolute atomic E-state index is 12.8. The van der Waals surface area contributed by atoms with Crippen LogP contribution in [0.2, 0.25) is 0 Å². The van der Waals surface area contributed by atoms with Crippen LogP contribution < -0.4 is 10.1 Å². The summed E-state index contributed by atoms with van der Waals surface area (Å²) in [7, 11) is 1.58. The van der Waals surface area contributed by atoms with Gasteiger partial charge in [-0.2, -0.15) is 5.26 Å². The Hall–Kier alpha value is -3.82. The zero-order valence-electron chi connectivity index (χ0n) is 18.3. The fraction of sp³-hybridized carbons (Fsp3) is 0.111. The second-order valence-corrected chi connectivity index (χ2v) is 8.50. The lowest BCUT2D eigenvalue weighted by atomic mass is 10.1. The number of amides is 1. The highest BCUT2D eigenvalue weighted by Gasteiger charge is 2.16. The summed E-state index contributed by atoms with van der Waals surface area (Å²) in [5, 5.41) is 13.5. The summed E-state index contributed by atoms with van der Waals surface area (Å²) >= 11 is 3.48. The maximum Gasteiger partial charge on any atom is 0.266 e. The highest BCUT2D eigenvalue weighted by molar-refractivity contribution is 9.10. The van der Waals surface area contributed by atoms with Crippen molar-refractivity contribution in [2.45, 2.75) is 13.5 Å². The molecule has 4 aromatic rings. The Balaban J connectivity index is 1.70. The van der Waals surface area contributed by atoms with Gasteiger partial charge < -0.3 is 14.6 Å². The Morgan fingerprint density at radius 1 is 1.09 bits per heavy atom. The Labute approximate surface area is 201 Å². The molecule has 1 N–H and O–H groups in total. The van der Waals surface area contributed by atoms with Gasteiger partial charge in [-0.3, -0.25) is 4.79 Å². The van der Waals surface area contributed by atoms with Crippen LogP contribution in [0.25, 0.3) is 17.0 Å². The molecule has 0 aliphatic heterocycles. The summed E-state index contributed by atoms with van der Waals surface area (Å²) in [6.45, 7) is 2.70. The molecule has 0 aliphatic carbocycles. The summed E-state index contributed by atoms with van der Waals surface area (Å²) in [6.07, 6.45) is 1.68. The summed E-state index contributed by atoms with van der Waals surface area (Å²) < 4.78 is 8.39. The number of nitriles is 1. The molecule has 0 aliphatic rings. The number of hydrogen-bond acceptors (Lipinski definition) is 3. The van der Waals surface area contributed by atoms with Crippen molar-refractivity contribution in [2.75, 3.05) is 12.4 Å². The Morgan fingerprint density at radius 2 is 1.79 bits per heavy atom. The third-order valence-electron chi connectivity index (χ3n) is 5.54. The number of rotatable bonds is 6. The third-order valence-corrected chi connectivity index (χ3v) is 6.06. The van der Waals surface area contributed by atoms with E-state index in [1.165, 1.54) is 0 Å². The zero-order valence-corrected chi connectivity index (χ0v) is 19.9. The van der Waals surface area contributed by atoms with Gasteiger partial charge in [0.25, 0.3) is 5.91 Å². The highest BCUT2D eigenvalue weighted by atomic mass is 79.9. The van der Waals surface area contributed by atoms with E-state index >= 15 is 0 Å². The van der Waals surface area contributed by atoms with Crippen molar-refractivity contribution in [1.82, 2.24) is 4.57 Å².